The maximum absolute atomic E-state index is 13.7. The highest BCUT2D eigenvalue weighted by atomic mass is 19.1. The fourth-order valence-corrected chi connectivity index (χ4v) is 5.13. The predicted molar refractivity (Wildman–Crippen MR) is 142 cm³/mol. The van der Waals surface area contributed by atoms with E-state index in [1.807, 2.05) is 0 Å². The summed E-state index contributed by atoms with van der Waals surface area (Å²) in [5.74, 6) is 0.933. The summed E-state index contributed by atoms with van der Waals surface area (Å²) in [6.45, 7) is 7.73. The number of fused-ring (bicyclic) bond motifs is 1. The highest BCUT2D eigenvalue weighted by molar-refractivity contribution is 6.10. The van der Waals surface area contributed by atoms with Crippen LogP contribution in [0.3, 0.4) is 0 Å². The van der Waals surface area contributed by atoms with Gasteiger partial charge in [-0.2, -0.15) is 0 Å². The molecule has 11 nitrogen and oxygen atoms in total. The molecular weight excluding hydrogens is 507 g/mol. The lowest BCUT2D eigenvalue weighted by Crippen LogP contribution is -2.36. The first kappa shape index (κ1) is 26.6. The molecule has 0 aliphatic carbocycles. The van der Waals surface area contributed by atoms with Crippen molar-refractivity contribution in [1.29, 1.82) is 0 Å². The van der Waals surface area contributed by atoms with Crippen LogP contribution in [0.5, 0.6) is 0 Å². The standard InChI is InChI=1S/C27H33FN6O5/c1-16-7-6-10-32(16)23-11-18-19(20(30-23)13-29-25(36)39-27(2,3)4)14-33(24(18)35)21-8-5-9-22(31-21)34-17(12-28)15-38-26(34)37/h5,8-9,11,16-17H,6-7,10,12-15H2,1-4H3,(H,29,36)/t16-,17+/m1/s1. The van der Waals surface area contributed by atoms with Gasteiger partial charge in [0.2, 0.25) is 0 Å². The molecule has 208 valence electrons. The van der Waals surface area contributed by atoms with Gasteiger partial charge in [-0.05, 0) is 58.7 Å². The second-order valence-electron chi connectivity index (χ2n) is 11.0. The molecule has 0 aromatic carbocycles. The van der Waals surface area contributed by atoms with E-state index in [4.69, 9.17) is 14.5 Å². The van der Waals surface area contributed by atoms with Crippen molar-refractivity contribution in [2.75, 3.05) is 34.5 Å². The van der Waals surface area contributed by atoms with Gasteiger partial charge in [0.1, 0.15) is 42.4 Å². The Kier molecular flexibility index (Phi) is 7.04. The number of aromatic nitrogens is 2. The largest absolute Gasteiger partial charge is 0.447 e. The number of alkyl carbamates (subject to hydrolysis) is 1. The Morgan fingerprint density at radius 1 is 1.21 bits per heavy atom. The topological polar surface area (TPSA) is 117 Å². The molecule has 2 fully saturated rings. The van der Waals surface area contributed by atoms with Gasteiger partial charge in [0.15, 0.2) is 0 Å². The number of anilines is 3. The van der Waals surface area contributed by atoms with Crippen molar-refractivity contribution in [3.8, 4) is 0 Å². The van der Waals surface area contributed by atoms with Crippen molar-refractivity contribution in [2.24, 2.45) is 0 Å². The van der Waals surface area contributed by atoms with Crippen molar-refractivity contribution in [1.82, 2.24) is 15.3 Å². The average Bonchev–Trinajstić information content (AvgIpc) is 3.58. The molecule has 12 heteroatoms. The van der Waals surface area contributed by atoms with E-state index >= 15 is 0 Å². The number of cyclic esters (lactones) is 1. The molecule has 0 spiro atoms. The molecule has 3 amide bonds. The summed E-state index contributed by atoms with van der Waals surface area (Å²) in [5, 5.41) is 2.76. The molecule has 2 aromatic rings. The quantitative estimate of drug-likeness (QED) is 0.586. The molecule has 39 heavy (non-hydrogen) atoms. The van der Waals surface area contributed by atoms with Crippen LogP contribution in [0, 0.1) is 0 Å². The highest BCUT2D eigenvalue weighted by Gasteiger charge is 2.37. The molecular formula is C27H33FN6O5. The molecule has 5 rings (SSSR count). The summed E-state index contributed by atoms with van der Waals surface area (Å²) in [6.07, 6.45) is 0.803. The fraction of sp³-hybridized carbons (Fsp3) is 0.519. The number of alkyl halides is 1. The van der Waals surface area contributed by atoms with Crippen LogP contribution in [-0.2, 0) is 22.6 Å². The SMILES string of the molecule is C[C@@H]1CCCN1c1cc2c(c(CNC(=O)OC(C)(C)C)n1)CN(c1cccc(N3C(=O)OC[C@@H]3CF)n1)C2=O. The van der Waals surface area contributed by atoms with E-state index in [-0.39, 0.29) is 37.5 Å². The minimum Gasteiger partial charge on any atom is -0.447 e. The first-order valence-electron chi connectivity index (χ1n) is 13.1. The summed E-state index contributed by atoms with van der Waals surface area (Å²) >= 11 is 0. The van der Waals surface area contributed by atoms with Gasteiger partial charge in [-0.15, -0.1) is 0 Å². The van der Waals surface area contributed by atoms with Crippen molar-refractivity contribution in [3.63, 3.8) is 0 Å². The third-order valence-corrected chi connectivity index (χ3v) is 7.02. The number of nitrogens with zero attached hydrogens (tertiary/aromatic N) is 5. The van der Waals surface area contributed by atoms with Gasteiger partial charge in [-0.25, -0.2) is 23.9 Å². The van der Waals surface area contributed by atoms with E-state index in [9.17, 15) is 18.8 Å². The third-order valence-electron chi connectivity index (χ3n) is 7.02. The lowest BCUT2D eigenvalue weighted by Gasteiger charge is -2.24. The van der Waals surface area contributed by atoms with Crippen LogP contribution in [-0.4, -0.2) is 65.6 Å². The molecule has 3 aliphatic rings. The number of hydrogen-bond acceptors (Lipinski definition) is 8. The summed E-state index contributed by atoms with van der Waals surface area (Å²) in [5.41, 5.74) is 1.08. The van der Waals surface area contributed by atoms with E-state index in [0.717, 1.165) is 19.4 Å². The molecule has 5 heterocycles. The Morgan fingerprint density at radius 2 is 1.97 bits per heavy atom. The molecule has 2 atom stereocenters. The molecule has 1 N–H and O–H groups in total. The smallest absolute Gasteiger partial charge is 0.416 e. The number of carbonyl (C=O) groups is 3. The Hall–Kier alpha value is -3.96. The van der Waals surface area contributed by atoms with Gasteiger partial charge in [-0.3, -0.25) is 14.6 Å². The highest BCUT2D eigenvalue weighted by Crippen LogP contribution is 2.34. The Balaban J connectivity index is 1.46. The van der Waals surface area contributed by atoms with Gasteiger partial charge in [0, 0.05) is 18.2 Å². The predicted octanol–water partition coefficient (Wildman–Crippen LogP) is 3.95. The number of rotatable bonds is 6. The van der Waals surface area contributed by atoms with Crippen LogP contribution in [0.2, 0.25) is 0 Å². The summed E-state index contributed by atoms with van der Waals surface area (Å²) < 4.78 is 23.9. The molecule has 0 saturated carbocycles. The summed E-state index contributed by atoms with van der Waals surface area (Å²) in [7, 11) is 0. The van der Waals surface area contributed by atoms with E-state index in [2.05, 4.69) is 22.1 Å². The average molecular weight is 541 g/mol. The van der Waals surface area contributed by atoms with Gasteiger partial charge in [0.25, 0.3) is 5.91 Å². The van der Waals surface area contributed by atoms with E-state index in [1.54, 1.807) is 45.0 Å². The molecule has 3 aliphatic heterocycles. The number of amides is 3. The zero-order valence-corrected chi connectivity index (χ0v) is 22.6. The maximum atomic E-state index is 13.7. The lowest BCUT2D eigenvalue weighted by molar-refractivity contribution is 0.0522. The number of halogens is 1. The fourth-order valence-electron chi connectivity index (χ4n) is 5.13. The monoisotopic (exact) mass is 540 g/mol. The maximum Gasteiger partial charge on any atom is 0.416 e. The van der Waals surface area contributed by atoms with Gasteiger partial charge >= 0.3 is 12.2 Å². The second kappa shape index (κ2) is 10.3. The van der Waals surface area contributed by atoms with E-state index in [0.29, 0.717) is 28.5 Å². The molecule has 0 radical (unpaired) electrons. The number of hydrogen-bond donors (Lipinski definition) is 1. The Bertz CT molecular complexity index is 1300. The van der Waals surface area contributed by atoms with E-state index < -0.39 is 30.5 Å². The zero-order chi connectivity index (χ0) is 27.9. The molecule has 2 aromatic heterocycles. The van der Waals surface area contributed by atoms with Crippen LogP contribution in [0.1, 0.15) is 62.2 Å². The Labute approximate surface area is 226 Å². The minimum atomic E-state index is -0.775. The van der Waals surface area contributed by atoms with Gasteiger partial charge in [0.05, 0.1) is 24.3 Å². The Morgan fingerprint density at radius 3 is 2.67 bits per heavy atom. The number of nitrogens with one attached hydrogen (secondary N) is 1. The number of pyridine rings is 2. The van der Waals surface area contributed by atoms with Crippen molar-refractivity contribution < 1.29 is 28.2 Å². The van der Waals surface area contributed by atoms with E-state index in [1.165, 1.54) is 9.80 Å². The summed E-state index contributed by atoms with van der Waals surface area (Å²) in [6, 6.07) is 6.21. The summed E-state index contributed by atoms with van der Waals surface area (Å²) in [4.78, 5) is 52.5. The van der Waals surface area contributed by atoms with Crippen LogP contribution in [0.4, 0.5) is 31.4 Å². The van der Waals surface area contributed by atoms with Crippen LogP contribution < -0.4 is 20.0 Å². The minimum absolute atomic E-state index is 0.0628. The van der Waals surface area contributed by atoms with Crippen LogP contribution >= 0.6 is 0 Å². The third kappa shape index (κ3) is 5.32. The zero-order valence-electron chi connectivity index (χ0n) is 22.6. The van der Waals surface area contributed by atoms with Crippen LogP contribution in [0.25, 0.3) is 0 Å². The van der Waals surface area contributed by atoms with Gasteiger partial charge < -0.3 is 19.7 Å². The lowest BCUT2D eigenvalue weighted by atomic mass is 10.1. The first-order chi connectivity index (χ1) is 18.6. The normalized spacial score (nSPS) is 20.9. The second-order valence-corrected chi connectivity index (χ2v) is 11.0. The number of ether oxygens (including phenoxy) is 2. The van der Waals surface area contributed by atoms with Gasteiger partial charge in [-0.1, -0.05) is 6.07 Å². The molecule has 0 bridgehead atoms. The van der Waals surface area contributed by atoms with Crippen molar-refractivity contribution >= 4 is 35.5 Å². The first-order valence-corrected chi connectivity index (χ1v) is 13.1. The number of carbonyl (C=O) groups excluding carboxylic acids is 3. The molecule has 0 unspecified atom stereocenters. The van der Waals surface area contributed by atoms with Crippen LogP contribution in [0.15, 0.2) is 24.3 Å². The van der Waals surface area contributed by atoms with Crippen molar-refractivity contribution in [2.45, 2.75) is 71.3 Å². The molecule has 2 saturated heterocycles. The van der Waals surface area contributed by atoms with Crippen molar-refractivity contribution in [3.05, 3.63) is 41.1 Å².